The number of anilines is 1. The molecule has 0 saturated heterocycles. The Bertz CT molecular complexity index is 869. The Morgan fingerprint density at radius 2 is 1.60 bits per heavy atom. The van der Waals surface area contributed by atoms with Crippen molar-refractivity contribution < 1.29 is 18.3 Å². The molecule has 5 nitrogen and oxygen atoms in total. The summed E-state index contributed by atoms with van der Waals surface area (Å²) in [6.45, 7) is -0.0287. The Balaban J connectivity index is 2.47. The van der Waals surface area contributed by atoms with Gasteiger partial charge in [0.1, 0.15) is 4.90 Å². The molecule has 0 aliphatic rings. The van der Waals surface area contributed by atoms with Crippen LogP contribution >= 0.6 is 34.8 Å². The van der Waals surface area contributed by atoms with Gasteiger partial charge in [-0.05, 0) is 48.9 Å². The average molecular weight is 423 g/mol. The summed E-state index contributed by atoms with van der Waals surface area (Å²) in [5.41, 5.74) is 0.353. The van der Waals surface area contributed by atoms with Gasteiger partial charge in [0, 0.05) is 23.0 Å². The van der Waals surface area contributed by atoms with Crippen molar-refractivity contribution in [3.8, 4) is 0 Å². The second-order valence-corrected chi connectivity index (χ2v) is 8.24. The molecule has 0 amide bonds. The van der Waals surface area contributed by atoms with Gasteiger partial charge >= 0.3 is 5.97 Å². The first-order valence-corrected chi connectivity index (χ1v) is 9.74. The number of carboxylic acid groups (broad SMARTS) is 1. The SMILES string of the molecule is O=C(O)CCCN(c1ccc(Cl)cc1)S(=O)(=O)c1cc(Cl)ccc1Cl. The first-order chi connectivity index (χ1) is 11.7. The fraction of sp³-hybridized carbons (Fsp3) is 0.188. The predicted octanol–water partition coefficient (Wildman–Crippen LogP) is 4.71. The highest BCUT2D eigenvalue weighted by atomic mass is 35.5. The van der Waals surface area contributed by atoms with Crippen molar-refractivity contribution in [1.82, 2.24) is 0 Å². The third-order valence-corrected chi connectivity index (χ3v) is 6.12. The maximum atomic E-state index is 13.1. The number of aliphatic carboxylic acids is 1. The van der Waals surface area contributed by atoms with Crippen LogP contribution in [0.1, 0.15) is 12.8 Å². The Hall–Kier alpha value is -1.47. The van der Waals surface area contributed by atoms with Gasteiger partial charge in [-0.25, -0.2) is 8.42 Å². The summed E-state index contributed by atoms with van der Waals surface area (Å²) in [6, 6.07) is 10.3. The van der Waals surface area contributed by atoms with Gasteiger partial charge in [0.05, 0.1) is 10.7 Å². The molecule has 2 rings (SSSR count). The number of hydrogen-bond acceptors (Lipinski definition) is 3. The van der Waals surface area contributed by atoms with E-state index in [1.54, 1.807) is 24.3 Å². The standard InChI is InChI=1S/C16H14Cl3NO4S/c17-11-3-6-13(7-4-11)20(9-1-2-16(21)22)25(23,24)15-10-12(18)5-8-14(15)19/h3-8,10H,1-2,9H2,(H,21,22). The summed E-state index contributed by atoms with van der Waals surface area (Å²) in [5, 5.41) is 9.52. The molecule has 0 fully saturated rings. The lowest BCUT2D eigenvalue weighted by Crippen LogP contribution is -2.32. The van der Waals surface area contributed by atoms with Gasteiger partial charge in [-0.1, -0.05) is 34.8 Å². The van der Waals surface area contributed by atoms with Gasteiger partial charge in [-0.15, -0.1) is 0 Å². The summed E-state index contributed by atoms with van der Waals surface area (Å²) in [7, 11) is -4.04. The van der Waals surface area contributed by atoms with Crippen LogP contribution in [0.4, 0.5) is 5.69 Å². The van der Waals surface area contributed by atoms with Crippen LogP contribution < -0.4 is 4.31 Å². The summed E-state index contributed by atoms with van der Waals surface area (Å²) >= 11 is 17.8. The van der Waals surface area contributed by atoms with Gasteiger partial charge in [0.25, 0.3) is 10.0 Å². The van der Waals surface area contributed by atoms with Crippen LogP contribution in [0.15, 0.2) is 47.4 Å². The molecule has 0 atom stereocenters. The first kappa shape index (κ1) is 19.8. The van der Waals surface area contributed by atoms with E-state index in [-0.39, 0.29) is 34.3 Å². The van der Waals surface area contributed by atoms with Crippen molar-refractivity contribution in [2.75, 3.05) is 10.8 Å². The molecule has 0 radical (unpaired) electrons. The molecule has 0 aliphatic heterocycles. The van der Waals surface area contributed by atoms with E-state index in [0.717, 1.165) is 4.31 Å². The zero-order valence-electron chi connectivity index (χ0n) is 12.8. The maximum Gasteiger partial charge on any atom is 0.303 e. The van der Waals surface area contributed by atoms with Gasteiger partial charge < -0.3 is 5.11 Å². The van der Waals surface area contributed by atoms with Crippen molar-refractivity contribution in [3.63, 3.8) is 0 Å². The molecule has 2 aromatic carbocycles. The molecule has 134 valence electrons. The number of sulfonamides is 1. The van der Waals surface area contributed by atoms with Gasteiger partial charge in [0.15, 0.2) is 0 Å². The van der Waals surface area contributed by atoms with Crippen LogP contribution in [0.25, 0.3) is 0 Å². The Labute approximate surface area is 160 Å². The van der Waals surface area contributed by atoms with Gasteiger partial charge in [-0.2, -0.15) is 0 Å². The fourth-order valence-corrected chi connectivity index (χ4v) is 4.53. The number of carboxylic acids is 1. The highest BCUT2D eigenvalue weighted by Gasteiger charge is 2.27. The van der Waals surface area contributed by atoms with Crippen molar-refractivity contribution in [3.05, 3.63) is 57.5 Å². The Morgan fingerprint density at radius 1 is 1.00 bits per heavy atom. The first-order valence-electron chi connectivity index (χ1n) is 7.17. The molecule has 0 saturated carbocycles. The number of halogens is 3. The number of nitrogens with zero attached hydrogens (tertiary/aromatic N) is 1. The van der Waals surface area contributed by atoms with Crippen molar-refractivity contribution >= 4 is 56.5 Å². The van der Waals surface area contributed by atoms with Crippen molar-refractivity contribution in [1.29, 1.82) is 0 Å². The normalized spacial score (nSPS) is 11.3. The van der Waals surface area contributed by atoms with Crippen LogP contribution in [-0.4, -0.2) is 26.0 Å². The summed E-state index contributed by atoms with van der Waals surface area (Å²) in [4.78, 5) is 10.6. The van der Waals surface area contributed by atoms with E-state index in [9.17, 15) is 13.2 Å². The molecular weight excluding hydrogens is 409 g/mol. The maximum absolute atomic E-state index is 13.1. The van der Waals surface area contributed by atoms with Crippen LogP contribution in [-0.2, 0) is 14.8 Å². The largest absolute Gasteiger partial charge is 0.481 e. The lowest BCUT2D eigenvalue weighted by Gasteiger charge is -2.25. The summed E-state index contributed by atoms with van der Waals surface area (Å²) < 4.78 is 27.2. The minimum absolute atomic E-state index is 0.0287. The second kappa shape index (κ2) is 8.27. The van der Waals surface area contributed by atoms with Crippen LogP contribution in [0, 0.1) is 0 Å². The van der Waals surface area contributed by atoms with Gasteiger partial charge in [0.2, 0.25) is 0 Å². The second-order valence-electron chi connectivity index (χ2n) is 5.13. The molecule has 0 spiro atoms. The fourth-order valence-electron chi connectivity index (χ4n) is 2.16. The molecule has 0 aromatic heterocycles. The monoisotopic (exact) mass is 421 g/mol. The van der Waals surface area contributed by atoms with E-state index in [1.807, 2.05) is 0 Å². The Kier molecular flexibility index (Phi) is 6.57. The van der Waals surface area contributed by atoms with Gasteiger partial charge in [-0.3, -0.25) is 9.10 Å². The van der Waals surface area contributed by atoms with Crippen molar-refractivity contribution in [2.24, 2.45) is 0 Å². The third-order valence-electron chi connectivity index (χ3n) is 3.33. The molecule has 1 N–H and O–H groups in total. The number of benzene rings is 2. The summed E-state index contributed by atoms with van der Waals surface area (Å²) in [6.07, 6.45) is -0.0295. The highest BCUT2D eigenvalue weighted by molar-refractivity contribution is 7.93. The topological polar surface area (TPSA) is 74.7 Å². The minimum atomic E-state index is -4.04. The van der Waals surface area contributed by atoms with Crippen LogP contribution in [0.5, 0.6) is 0 Å². The number of carbonyl (C=O) groups is 1. The molecule has 9 heteroatoms. The lowest BCUT2D eigenvalue weighted by atomic mass is 10.3. The predicted molar refractivity (Wildman–Crippen MR) is 99.3 cm³/mol. The molecular formula is C16H14Cl3NO4S. The number of hydrogen-bond donors (Lipinski definition) is 1. The average Bonchev–Trinajstić information content (AvgIpc) is 2.54. The van der Waals surface area contributed by atoms with Crippen LogP contribution in [0.3, 0.4) is 0 Å². The van der Waals surface area contributed by atoms with Crippen LogP contribution in [0.2, 0.25) is 15.1 Å². The van der Waals surface area contributed by atoms with E-state index >= 15 is 0 Å². The van der Waals surface area contributed by atoms with E-state index in [2.05, 4.69) is 0 Å². The molecule has 0 aliphatic carbocycles. The zero-order valence-corrected chi connectivity index (χ0v) is 15.9. The smallest absolute Gasteiger partial charge is 0.303 e. The minimum Gasteiger partial charge on any atom is -0.481 e. The molecule has 0 bridgehead atoms. The van der Waals surface area contributed by atoms with Crippen molar-refractivity contribution in [2.45, 2.75) is 17.7 Å². The number of rotatable bonds is 7. The third kappa shape index (κ3) is 5.01. The molecule has 0 unspecified atom stereocenters. The van der Waals surface area contributed by atoms with E-state index in [4.69, 9.17) is 39.9 Å². The molecule has 25 heavy (non-hydrogen) atoms. The van der Waals surface area contributed by atoms with E-state index < -0.39 is 16.0 Å². The highest BCUT2D eigenvalue weighted by Crippen LogP contribution is 2.31. The van der Waals surface area contributed by atoms with E-state index in [0.29, 0.717) is 10.7 Å². The molecule has 0 heterocycles. The van der Waals surface area contributed by atoms with E-state index in [1.165, 1.54) is 18.2 Å². The quantitative estimate of drug-likeness (QED) is 0.701. The molecule has 2 aromatic rings. The Morgan fingerprint density at radius 3 is 2.20 bits per heavy atom. The zero-order chi connectivity index (χ0) is 18.6. The summed E-state index contributed by atoms with van der Waals surface area (Å²) in [5.74, 6) is -1.01. The lowest BCUT2D eigenvalue weighted by molar-refractivity contribution is -0.137.